The summed E-state index contributed by atoms with van der Waals surface area (Å²) in [5, 5.41) is 8.03. The number of aromatic amines is 1. The van der Waals surface area contributed by atoms with E-state index in [-0.39, 0.29) is 16.6 Å². The highest BCUT2D eigenvalue weighted by molar-refractivity contribution is 8.00. The molecule has 8 nitrogen and oxygen atoms in total. The van der Waals surface area contributed by atoms with E-state index in [4.69, 9.17) is 4.74 Å². The van der Waals surface area contributed by atoms with Gasteiger partial charge in [0.25, 0.3) is 11.1 Å². The minimum atomic E-state index is -0.0840. The second-order valence-electron chi connectivity index (χ2n) is 8.33. The van der Waals surface area contributed by atoms with Gasteiger partial charge in [-0.15, -0.1) is 11.8 Å². The van der Waals surface area contributed by atoms with Gasteiger partial charge in [-0.3, -0.25) is 24.9 Å². The zero-order valence-corrected chi connectivity index (χ0v) is 17.7. The number of fused-ring (bicyclic) bond motifs is 2. The molecule has 2 aromatic rings. The van der Waals surface area contributed by atoms with Crippen molar-refractivity contribution < 1.29 is 4.74 Å². The van der Waals surface area contributed by atoms with E-state index in [0.717, 1.165) is 38.5 Å². The Balaban J connectivity index is 1.43. The number of morpholine rings is 1. The molecule has 3 aliphatic rings. The molecule has 0 amide bonds. The van der Waals surface area contributed by atoms with Crippen LogP contribution in [0.1, 0.15) is 36.9 Å². The number of ether oxygens (including phenoxy) is 1. The molecular formula is C20H29N5O3S. The molecule has 29 heavy (non-hydrogen) atoms. The van der Waals surface area contributed by atoms with E-state index in [1.54, 1.807) is 15.3 Å². The summed E-state index contributed by atoms with van der Waals surface area (Å²) in [6.07, 6.45) is 4.91. The van der Waals surface area contributed by atoms with Crippen molar-refractivity contribution in [3.8, 4) is 0 Å². The third-order valence-electron chi connectivity index (χ3n) is 6.58. The van der Waals surface area contributed by atoms with E-state index in [1.165, 1.54) is 25.7 Å². The number of aromatic nitrogens is 3. The first-order chi connectivity index (χ1) is 14.1. The fraction of sp³-hybridized carbons (Fsp3) is 0.700. The Hall–Kier alpha value is -1.55. The molecule has 9 heteroatoms. The summed E-state index contributed by atoms with van der Waals surface area (Å²) in [7, 11) is 0. The monoisotopic (exact) mass is 419 g/mol. The normalized spacial score (nSPS) is 28.1. The lowest BCUT2D eigenvalue weighted by atomic mass is 9.95. The predicted octanol–water partition coefficient (Wildman–Crippen LogP) is 1.24. The molecule has 0 bridgehead atoms. The summed E-state index contributed by atoms with van der Waals surface area (Å²) < 4.78 is 8.82. The molecule has 158 valence electrons. The standard InChI is InChI=1S/C20H29N5O3S/c1-13-18-15(12-17(26)24(13)7-6-23-8-10-28-11-9-23)22-25(19(18)27)20-21-14-4-2-3-5-16(14)29-20/h12,14,16,20-22H,2-11H2,1H3. The third-order valence-corrected chi connectivity index (χ3v) is 8.10. The lowest BCUT2D eigenvalue weighted by Crippen LogP contribution is -2.39. The lowest BCUT2D eigenvalue weighted by molar-refractivity contribution is 0.0362. The summed E-state index contributed by atoms with van der Waals surface area (Å²) in [6.45, 7) is 6.52. The SMILES string of the molecule is Cc1c2c(=O)n(C3NC4CCCCC4S3)[nH]c2cc(=O)n1CCN1CCOCC1. The van der Waals surface area contributed by atoms with E-state index in [1.807, 2.05) is 18.7 Å². The van der Waals surface area contributed by atoms with Crippen molar-refractivity contribution in [3.63, 3.8) is 0 Å². The zero-order chi connectivity index (χ0) is 20.0. The number of nitrogens with zero attached hydrogens (tertiary/aromatic N) is 3. The molecule has 1 aliphatic carbocycles. The van der Waals surface area contributed by atoms with Crippen LogP contribution in [0, 0.1) is 6.92 Å². The average Bonchev–Trinajstić information content (AvgIpc) is 3.29. The predicted molar refractivity (Wildman–Crippen MR) is 115 cm³/mol. The number of aryl methyl sites for hydroxylation is 1. The highest BCUT2D eigenvalue weighted by Crippen LogP contribution is 2.41. The van der Waals surface area contributed by atoms with Crippen LogP contribution < -0.4 is 16.4 Å². The van der Waals surface area contributed by atoms with Crippen molar-refractivity contribution in [2.75, 3.05) is 32.8 Å². The first-order valence-electron chi connectivity index (χ1n) is 10.7. The first kappa shape index (κ1) is 19.4. The molecule has 0 spiro atoms. The molecule has 2 aliphatic heterocycles. The highest BCUT2D eigenvalue weighted by atomic mass is 32.2. The average molecular weight is 420 g/mol. The minimum absolute atomic E-state index is 0.0405. The number of hydrogen-bond acceptors (Lipinski definition) is 6. The van der Waals surface area contributed by atoms with Crippen molar-refractivity contribution in [1.29, 1.82) is 0 Å². The van der Waals surface area contributed by atoms with E-state index >= 15 is 0 Å². The molecule has 5 rings (SSSR count). The molecule has 0 radical (unpaired) electrons. The summed E-state index contributed by atoms with van der Waals surface area (Å²) in [4.78, 5) is 28.3. The van der Waals surface area contributed by atoms with Crippen molar-refractivity contribution in [2.45, 2.75) is 55.9 Å². The van der Waals surface area contributed by atoms with Crippen molar-refractivity contribution in [2.24, 2.45) is 0 Å². The van der Waals surface area contributed by atoms with E-state index in [2.05, 4.69) is 15.3 Å². The van der Waals surface area contributed by atoms with E-state index in [9.17, 15) is 9.59 Å². The Labute approximate surface area is 173 Å². The number of H-pyrrole nitrogens is 1. The number of hydrogen-bond donors (Lipinski definition) is 2. The van der Waals surface area contributed by atoms with Gasteiger partial charge in [-0.25, -0.2) is 4.68 Å². The van der Waals surface area contributed by atoms with Crippen LogP contribution in [0.15, 0.2) is 15.7 Å². The van der Waals surface area contributed by atoms with Crippen LogP contribution in [0.25, 0.3) is 10.9 Å². The molecule has 3 unspecified atom stereocenters. The van der Waals surface area contributed by atoms with Gasteiger partial charge in [0.1, 0.15) is 0 Å². The van der Waals surface area contributed by atoms with Gasteiger partial charge in [-0.1, -0.05) is 12.8 Å². The van der Waals surface area contributed by atoms with E-state index in [0.29, 0.717) is 28.7 Å². The zero-order valence-electron chi connectivity index (χ0n) is 16.9. The maximum absolute atomic E-state index is 13.2. The van der Waals surface area contributed by atoms with Crippen LogP contribution in [-0.2, 0) is 11.3 Å². The molecule has 1 saturated carbocycles. The van der Waals surface area contributed by atoms with Crippen LogP contribution in [0.5, 0.6) is 0 Å². The maximum atomic E-state index is 13.2. The quantitative estimate of drug-likeness (QED) is 0.776. The Bertz CT molecular complexity index is 992. The maximum Gasteiger partial charge on any atom is 0.278 e. The van der Waals surface area contributed by atoms with Crippen LogP contribution >= 0.6 is 11.8 Å². The van der Waals surface area contributed by atoms with Crippen LogP contribution in [0.2, 0.25) is 0 Å². The number of thioether (sulfide) groups is 1. The molecular weight excluding hydrogens is 390 g/mol. The number of rotatable bonds is 4. The summed E-state index contributed by atoms with van der Waals surface area (Å²) in [6, 6.07) is 2.05. The minimum Gasteiger partial charge on any atom is -0.379 e. The van der Waals surface area contributed by atoms with Gasteiger partial charge in [-0.05, 0) is 19.8 Å². The Morgan fingerprint density at radius 2 is 1.97 bits per heavy atom. The van der Waals surface area contributed by atoms with Crippen molar-refractivity contribution in [3.05, 3.63) is 32.5 Å². The topological polar surface area (TPSA) is 84.3 Å². The molecule has 3 fully saturated rings. The fourth-order valence-electron chi connectivity index (χ4n) is 4.91. The van der Waals surface area contributed by atoms with Gasteiger partial charge in [-0.2, -0.15) is 0 Å². The van der Waals surface area contributed by atoms with E-state index < -0.39 is 0 Å². The molecule has 0 aromatic carbocycles. The number of pyridine rings is 1. The Morgan fingerprint density at radius 1 is 1.17 bits per heavy atom. The van der Waals surface area contributed by atoms with Gasteiger partial charge in [0.15, 0.2) is 5.50 Å². The molecule has 2 N–H and O–H groups in total. The second-order valence-corrected chi connectivity index (χ2v) is 9.66. The third kappa shape index (κ3) is 3.58. The molecule has 2 saturated heterocycles. The van der Waals surface area contributed by atoms with Gasteiger partial charge in [0, 0.05) is 49.2 Å². The lowest BCUT2D eigenvalue weighted by Gasteiger charge is -2.27. The van der Waals surface area contributed by atoms with Crippen molar-refractivity contribution in [1.82, 2.24) is 24.6 Å². The van der Waals surface area contributed by atoms with Gasteiger partial charge >= 0.3 is 0 Å². The summed E-state index contributed by atoms with van der Waals surface area (Å²) >= 11 is 1.84. The molecule has 4 heterocycles. The Kier molecular flexibility index (Phi) is 5.32. The van der Waals surface area contributed by atoms with Gasteiger partial charge < -0.3 is 9.30 Å². The van der Waals surface area contributed by atoms with Crippen molar-refractivity contribution >= 4 is 22.7 Å². The summed E-state index contributed by atoms with van der Waals surface area (Å²) in [5.74, 6) is 0. The number of nitrogens with one attached hydrogen (secondary N) is 2. The van der Waals surface area contributed by atoms with Crippen LogP contribution in [-0.4, -0.2) is 63.4 Å². The largest absolute Gasteiger partial charge is 0.379 e. The Morgan fingerprint density at radius 3 is 2.76 bits per heavy atom. The smallest absolute Gasteiger partial charge is 0.278 e. The fourth-order valence-corrected chi connectivity index (χ4v) is 6.47. The first-order valence-corrected chi connectivity index (χ1v) is 11.6. The van der Waals surface area contributed by atoms with Gasteiger partial charge in [0.2, 0.25) is 0 Å². The molecule has 3 atom stereocenters. The van der Waals surface area contributed by atoms with Crippen LogP contribution in [0.4, 0.5) is 0 Å². The molecule has 2 aromatic heterocycles. The summed E-state index contributed by atoms with van der Waals surface area (Å²) in [5.41, 5.74) is 1.21. The highest BCUT2D eigenvalue weighted by Gasteiger charge is 2.37. The second kappa shape index (κ2) is 7.94. The van der Waals surface area contributed by atoms with Crippen LogP contribution in [0.3, 0.4) is 0 Å². The van der Waals surface area contributed by atoms with Gasteiger partial charge in [0.05, 0.1) is 24.1 Å².